The van der Waals surface area contributed by atoms with Crippen molar-refractivity contribution in [1.82, 2.24) is 4.57 Å². The lowest BCUT2D eigenvalue weighted by Gasteiger charge is -2.10. The van der Waals surface area contributed by atoms with E-state index in [0.717, 1.165) is 19.3 Å². The van der Waals surface area contributed by atoms with Gasteiger partial charge in [0.1, 0.15) is 11.6 Å². The Morgan fingerprint density at radius 2 is 1.45 bits per heavy atom. The number of hydrogen-bond acceptors (Lipinski definition) is 3. The summed E-state index contributed by atoms with van der Waals surface area (Å²) in [5.41, 5.74) is 0.289. The lowest BCUT2D eigenvalue weighted by Crippen LogP contribution is -2.23. The lowest BCUT2D eigenvalue weighted by molar-refractivity contribution is 0.397. The third kappa shape index (κ3) is 10.4. The van der Waals surface area contributed by atoms with E-state index in [1.807, 2.05) is 6.07 Å². The molecule has 0 radical (unpaired) electrons. The summed E-state index contributed by atoms with van der Waals surface area (Å²) in [7, 11) is 0. The molecule has 4 heteroatoms. The Labute approximate surface area is 177 Å². The van der Waals surface area contributed by atoms with Crippen LogP contribution in [0, 0.1) is 18.3 Å². The molecule has 0 saturated heterocycles. The summed E-state index contributed by atoms with van der Waals surface area (Å²) in [6.07, 6.45) is 22.0. The van der Waals surface area contributed by atoms with Gasteiger partial charge in [0.15, 0.2) is 5.88 Å². The maximum absolute atomic E-state index is 12.2. The number of allylic oxidation sites excluding steroid dienone is 2. The molecule has 0 bridgehead atoms. The summed E-state index contributed by atoms with van der Waals surface area (Å²) in [5, 5.41) is 19.0. The number of aromatic nitrogens is 1. The zero-order chi connectivity index (χ0) is 21.3. The zero-order valence-corrected chi connectivity index (χ0v) is 18.6. The Morgan fingerprint density at radius 1 is 0.931 bits per heavy atom. The molecule has 0 fully saturated rings. The molecule has 0 aromatic carbocycles. The number of pyridine rings is 1. The minimum Gasteiger partial charge on any atom is -0.494 e. The molecule has 1 rings (SSSR count). The molecule has 0 saturated carbocycles. The van der Waals surface area contributed by atoms with Gasteiger partial charge in [-0.05, 0) is 44.6 Å². The molecular formula is C25H40N2O2. The maximum Gasteiger partial charge on any atom is 0.271 e. The van der Waals surface area contributed by atoms with Gasteiger partial charge in [-0.15, -0.1) is 0 Å². The van der Waals surface area contributed by atoms with Crippen LogP contribution in [-0.2, 0) is 6.54 Å². The van der Waals surface area contributed by atoms with Gasteiger partial charge in [-0.1, -0.05) is 76.9 Å². The second-order valence-electron chi connectivity index (χ2n) is 8.07. The fourth-order valence-electron chi connectivity index (χ4n) is 3.62. The summed E-state index contributed by atoms with van der Waals surface area (Å²) in [6, 6.07) is 3.44. The molecule has 162 valence electrons. The van der Waals surface area contributed by atoms with E-state index in [0.29, 0.717) is 12.1 Å². The van der Waals surface area contributed by atoms with E-state index in [-0.39, 0.29) is 17.0 Å². The van der Waals surface area contributed by atoms with Crippen molar-refractivity contribution in [2.75, 3.05) is 0 Å². The van der Waals surface area contributed by atoms with Crippen LogP contribution in [0.1, 0.15) is 108 Å². The van der Waals surface area contributed by atoms with Crippen molar-refractivity contribution in [3.05, 3.63) is 39.7 Å². The number of unbranched alkanes of at least 4 members (excludes halogenated alkanes) is 12. The molecular weight excluding hydrogens is 360 g/mol. The normalized spacial score (nSPS) is 11.2. The first-order chi connectivity index (χ1) is 14.1. The van der Waals surface area contributed by atoms with E-state index >= 15 is 0 Å². The van der Waals surface area contributed by atoms with E-state index in [4.69, 9.17) is 5.26 Å². The SMILES string of the molecule is CCCCCCCCC=CCCCCCCCCn1c(O)cc(C)c(C#N)c1=O. The monoisotopic (exact) mass is 400 g/mol. The molecule has 0 aliphatic rings. The van der Waals surface area contributed by atoms with Crippen molar-refractivity contribution in [3.63, 3.8) is 0 Å². The van der Waals surface area contributed by atoms with Crippen molar-refractivity contribution in [3.8, 4) is 11.9 Å². The summed E-state index contributed by atoms with van der Waals surface area (Å²) in [5.74, 6) is -0.0424. The van der Waals surface area contributed by atoms with Crippen LogP contribution in [0.2, 0.25) is 0 Å². The summed E-state index contributed by atoms with van der Waals surface area (Å²) >= 11 is 0. The molecule has 0 spiro atoms. The van der Waals surface area contributed by atoms with Crippen molar-refractivity contribution < 1.29 is 5.11 Å². The minimum absolute atomic E-state index is 0.0424. The van der Waals surface area contributed by atoms with E-state index in [9.17, 15) is 9.90 Å². The van der Waals surface area contributed by atoms with Gasteiger partial charge in [0.25, 0.3) is 5.56 Å². The summed E-state index contributed by atoms with van der Waals surface area (Å²) in [4.78, 5) is 12.2. The molecule has 0 unspecified atom stereocenters. The van der Waals surface area contributed by atoms with E-state index in [1.165, 1.54) is 81.3 Å². The zero-order valence-electron chi connectivity index (χ0n) is 18.6. The fraction of sp³-hybridized carbons (Fsp3) is 0.680. The van der Waals surface area contributed by atoms with Gasteiger partial charge >= 0.3 is 0 Å². The van der Waals surface area contributed by atoms with Crippen LogP contribution in [0.25, 0.3) is 0 Å². The number of hydrogen-bond donors (Lipinski definition) is 1. The number of nitriles is 1. The van der Waals surface area contributed by atoms with Crippen LogP contribution in [-0.4, -0.2) is 9.67 Å². The van der Waals surface area contributed by atoms with Crippen molar-refractivity contribution in [2.24, 2.45) is 0 Å². The maximum atomic E-state index is 12.2. The number of nitrogens with zero attached hydrogens (tertiary/aromatic N) is 2. The molecule has 1 N–H and O–H groups in total. The molecule has 1 aromatic rings. The fourth-order valence-corrected chi connectivity index (χ4v) is 3.62. The highest BCUT2D eigenvalue weighted by Crippen LogP contribution is 2.14. The first kappa shape index (κ1) is 25.0. The first-order valence-corrected chi connectivity index (χ1v) is 11.6. The number of aryl methyl sites for hydroxylation is 1. The molecule has 1 heterocycles. The average molecular weight is 401 g/mol. The molecule has 4 nitrogen and oxygen atoms in total. The van der Waals surface area contributed by atoms with Crippen LogP contribution in [0.4, 0.5) is 0 Å². The Hall–Kier alpha value is -2.02. The highest BCUT2D eigenvalue weighted by atomic mass is 16.3. The highest BCUT2D eigenvalue weighted by Gasteiger charge is 2.11. The van der Waals surface area contributed by atoms with Gasteiger partial charge in [-0.25, -0.2) is 0 Å². The van der Waals surface area contributed by atoms with Gasteiger partial charge in [-0.3, -0.25) is 9.36 Å². The van der Waals surface area contributed by atoms with Crippen molar-refractivity contribution in [1.29, 1.82) is 5.26 Å². The third-order valence-corrected chi connectivity index (χ3v) is 5.48. The largest absolute Gasteiger partial charge is 0.494 e. The quantitative estimate of drug-likeness (QED) is 0.246. The Balaban J connectivity index is 2.04. The predicted octanol–water partition coefficient (Wildman–Crippen LogP) is 6.77. The van der Waals surface area contributed by atoms with E-state index in [1.54, 1.807) is 6.92 Å². The number of rotatable bonds is 16. The van der Waals surface area contributed by atoms with Crippen LogP contribution in [0.15, 0.2) is 23.0 Å². The van der Waals surface area contributed by atoms with Crippen LogP contribution >= 0.6 is 0 Å². The molecule has 29 heavy (non-hydrogen) atoms. The molecule has 1 aromatic heterocycles. The predicted molar refractivity (Wildman–Crippen MR) is 121 cm³/mol. The van der Waals surface area contributed by atoms with Crippen LogP contribution in [0.5, 0.6) is 5.88 Å². The first-order valence-electron chi connectivity index (χ1n) is 11.6. The minimum atomic E-state index is -0.377. The standard InChI is InChI=1S/C25H40N2O2/c1-3-4-5-6-7-8-9-10-11-12-13-14-15-16-17-18-19-27-24(28)20-22(2)23(21-26)25(27)29/h10-11,20,28H,3-9,12-19H2,1-2H3. The van der Waals surface area contributed by atoms with Crippen LogP contribution < -0.4 is 5.56 Å². The van der Waals surface area contributed by atoms with Gasteiger partial charge < -0.3 is 5.11 Å². The molecule has 0 aliphatic heterocycles. The third-order valence-electron chi connectivity index (χ3n) is 5.48. The van der Waals surface area contributed by atoms with Crippen molar-refractivity contribution in [2.45, 2.75) is 110 Å². The number of aromatic hydroxyl groups is 1. The van der Waals surface area contributed by atoms with Gasteiger partial charge in [0, 0.05) is 12.6 Å². The summed E-state index contributed by atoms with van der Waals surface area (Å²) < 4.78 is 1.32. The Bertz CT molecular complexity index is 698. The van der Waals surface area contributed by atoms with E-state index in [2.05, 4.69) is 19.1 Å². The Kier molecular flexibility index (Phi) is 13.7. The Morgan fingerprint density at radius 3 is 2.00 bits per heavy atom. The summed E-state index contributed by atoms with van der Waals surface area (Å²) in [6.45, 7) is 4.41. The molecule has 0 amide bonds. The van der Waals surface area contributed by atoms with Gasteiger partial charge in [0.2, 0.25) is 0 Å². The van der Waals surface area contributed by atoms with Crippen LogP contribution in [0.3, 0.4) is 0 Å². The highest BCUT2D eigenvalue weighted by molar-refractivity contribution is 5.37. The second-order valence-corrected chi connectivity index (χ2v) is 8.07. The van der Waals surface area contributed by atoms with Crippen molar-refractivity contribution >= 4 is 0 Å². The van der Waals surface area contributed by atoms with Gasteiger partial charge in [0.05, 0.1) is 0 Å². The van der Waals surface area contributed by atoms with Gasteiger partial charge in [-0.2, -0.15) is 5.26 Å². The average Bonchev–Trinajstić information content (AvgIpc) is 2.70. The lowest BCUT2D eigenvalue weighted by atomic mass is 10.1. The molecule has 0 atom stereocenters. The van der Waals surface area contributed by atoms with E-state index < -0.39 is 0 Å². The topological polar surface area (TPSA) is 66.0 Å². The smallest absolute Gasteiger partial charge is 0.271 e. The second kappa shape index (κ2) is 15.9. The molecule has 0 aliphatic carbocycles.